The summed E-state index contributed by atoms with van der Waals surface area (Å²) in [6.45, 7) is 17.7. The van der Waals surface area contributed by atoms with Crippen molar-refractivity contribution in [1.82, 2.24) is 4.90 Å². The summed E-state index contributed by atoms with van der Waals surface area (Å²) in [5, 5.41) is 0. The van der Waals surface area contributed by atoms with Crippen LogP contribution in [0.5, 0.6) is 5.75 Å². The minimum atomic E-state index is -1.84. The number of rotatable bonds is 10. The van der Waals surface area contributed by atoms with Crippen LogP contribution in [0.3, 0.4) is 0 Å². The standard InChI is InChI=1S/C20H33NO4Si2/c1-8-14-21-18(17(25-27(5,6)7)15-23-26(2,3)4)19(20(21)22)24-16-12-10-9-11-13-16/h8-13,17-19H,1,14-15H2,2-7H3/t17-,18+,19-/m1/s1. The molecular weight excluding hydrogens is 374 g/mol. The Morgan fingerprint density at radius 1 is 1.11 bits per heavy atom. The third-order valence-corrected chi connectivity index (χ3v) is 6.14. The molecule has 1 aliphatic rings. The van der Waals surface area contributed by atoms with Crippen molar-refractivity contribution >= 4 is 22.5 Å². The van der Waals surface area contributed by atoms with Crippen LogP contribution in [-0.2, 0) is 13.6 Å². The molecule has 1 fully saturated rings. The van der Waals surface area contributed by atoms with Crippen molar-refractivity contribution in [3.8, 4) is 5.75 Å². The lowest BCUT2D eigenvalue weighted by Crippen LogP contribution is -2.72. The van der Waals surface area contributed by atoms with E-state index in [9.17, 15) is 4.79 Å². The molecule has 2 rings (SSSR count). The molecule has 0 unspecified atom stereocenters. The number of amides is 1. The first-order valence-electron chi connectivity index (χ1n) is 9.47. The second-order valence-corrected chi connectivity index (χ2v) is 17.8. The summed E-state index contributed by atoms with van der Waals surface area (Å²) in [6, 6.07) is 9.29. The minimum Gasteiger partial charge on any atom is -0.478 e. The van der Waals surface area contributed by atoms with E-state index in [1.807, 2.05) is 30.3 Å². The lowest BCUT2D eigenvalue weighted by atomic mass is 9.92. The van der Waals surface area contributed by atoms with E-state index in [1.54, 1.807) is 11.0 Å². The Hall–Kier alpha value is -1.42. The van der Waals surface area contributed by atoms with Crippen LogP contribution in [0, 0.1) is 0 Å². The topological polar surface area (TPSA) is 48.0 Å². The summed E-state index contributed by atoms with van der Waals surface area (Å²) < 4.78 is 18.7. The van der Waals surface area contributed by atoms with E-state index >= 15 is 0 Å². The Morgan fingerprint density at radius 3 is 2.26 bits per heavy atom. The minimum absolute atomic E-state index is 0.0269. The van der Waals surface area contributed by atoms with Gasteiger partial charge in [0.2, 0.25) is 0 Å². The molecule has 150 valence electrons. The highest BCUT2D eigenvalue weighted by molar-refractivity contribution is 6.70. The van der Waals surface area contributed by atoms with Crippen LogP contribution in [0.25, 0.3) is 0 Å². The number of ether oxygens (including phenoxy) is 1. The molecule has 3 atom stereocenters. The molecular formula is C20H33NO4Si2. The quantitative estimate of drug-likeness (QED) is 0.335. The van der Waals surface area contributed by atoms with Gasteiger partial charge in [-0.2, -0.15) is 0 Å². The third-order valence-electron chi connectivity index (χ3n) is 4.10. The van der Waals surface area contributed by atoms with Crippen molar-refractivity contribution in [2.24, 2.45) is 0 Å². The van der Waals surface area contributed by atoms with Gasteiger partial charge in [0.05, 0.1) is 12.7 Å². The molecule has 5 nitrogen and oxygen atoms in total. The molecule has 1 amide bonds. The number of para-hydroxylation sites is 1. The monoisotopic (exact) mass is 407 g/mol. The second-order valence-electron chi connectivity index (χ2n) is 8.81. The number of β-lactam (4-membered cyclic amide) rings is 1. The average Bonchev–Trinajstić information content (AvgIpc) is 2.56. The smallest absolute Gasteiger partial charge is 0.266 e. The van der Waals surface area contributed by atoms with E-state index in [1.165, 1.54) is 0 Å². The highest BCUT2D eigenvalue weighted by Gasteiger charge is 2.53. The van der Waals surface area contributed by atoms with E-state index in [0.717, 1.165) is 0 Å². The number of nitrogens with zero attached hydrogens (tertiary/aromatic N) is 1. The number of likely N-dealkylation sites (tertiary alicyclic amines) is 1. The lowest BCUT2D eigenvalue weighted by Gasteiger charge is -2.50. The number of hydrogen-bond donors (Lipinski definition) is 0. The van der Waals surface area contributed by atoms with Crippen LogP contribution < -0.4 is 4.74 Å². The molecule has 1 saturated heterocycles. The molecule has 0 saturated carbocycles. The zero-order chi connectivity index (χ0) is 20.2. The molecule has 1 aliphatic heterocycles. The van der Waals surface area contributed by atoms with Gasteiger partial charge >= 0.3 is 0 Å². The molecule has 0 bridgehead atoms. The Balaban J connectivity index is 2.24. The maximum Gasteiger partial charge on any atom is 0.266 e. The third kappa shape index (κ3) is 6.31. The number of hydrogen-bond acceptors (Lipinski definition) is 4. The zero-order valence-electron chi connectivity index (χ0n) is 17.4. The van der Waals surface area contributed by atoms with E-state index < -0.39 is 22.7 Å². The largest absolute Gasteiger partial charge is 0.478 e. The van der Waals surface area contributed by atoms with Gasteiger partial charge in [-0.3, -0.25) is 4.79 Å². The Bertz CT molecular complexity index is 640. The SMILES string of the molecule is C=CCN1C(=O)[C@H](Oc2ccccc2)[C@@H]1[C@@H](CO[Si](C)(C)C)O[Si](C)(C)C. The van der Waals surface area contributed by atoms with E-state index in [0.29, 0.717) is 18.9 Å². The summed E-state index contributed by atoms with van der Waals surface area (Å²) in [6.07, 6.45) is 0.975. The van der Waals surface area contributed by atoms with E-state index in [2.05, 4.69) is 45.9 Å². The van der Waals surface area contributed by atoms with Crippen LogP contribution in [0.2, 0.25) is 39.3 Å². The van der Waals surface area contributed by atoms with Gasteiger partial charge < -0.3 is 18.5 Å². The van der Waals surface area contributed by atoms with Crippen LogP contribution in [0.4, 0.5) is 0 Å². The van der Waals surface area contributed by atoms with Gasteiger partial charge in [0.1, 0.15) is 11.8 Å². The van der Waals surface area contributed by atoms with E-state index in [4.69, 9.17) is 13.6 Å². The predicted octanol–water partition coefficient (Wildman–Crippen LogP) is 3.90. The van der Waals surface area contributed by atoms with Crippen LogP contribution >= 0.6 is 0 Å². The summed E-state index contributed by atoms with van der Waals surface area (Å²) in [5.41, 5.74) is 0. The molecule has 0 spiro atoms. The summed E-state index contributed by atoms with van der Waals surface area (Å²) >= 11 is 0. The van der Waals surface area contributed by atoms with Crippen molar-refractivity contribution in [2.75, 3.05) is 13.2 Å². The molecule has 0 aromatic heterocycles. The molecule has 7 heteroatoms. The van der Waals surface area contributed by atoms with Gasteiger partial charge in [-0.05, 0) is 51.4 Å². The van der Waals surface area contributed by atoms with Gasteiger partial charge in [-0.25, -0.2) is 0 Å². The summed E-state index contributed by atoms with van der Waals surface area (Å²) in [4.78, 5) is 14.5. The normalized spacial score (nSPS) is 21.6. The molecule has 1 aromatic rings. The second kappa shape index (κ2) is 8.73. The number of benzene rings is 1. The predicted molar refractivity (Wildman–Crippen MR) is 114 cm³/mol. The fourth-order valence-corrected chi connectivity index (χ4v) is 4.82. The molecule has 0 aliphatic carbocycles. The lowest BCUT2D eigenvalue weighted by molar-refractivity contribution is -0.171. The van der Waals surface area contributed by atoms with E-state index in [-0.39, 0.29) is 18.1 Å². The van der Waals surface area contributed by atoms with Crippen molar-refractivity contribution < 1.29 is 18.4 Å². The molecule has 27 heavy (non-hydrogen) atoms. The van der Waals surface area contributed by atoms with Crippen LogP contribution in [0.1, 0.15) is 0 Å². The van der Waals surface area contributed by atoms with Gasteiger partial charge in [0.15, 0.2) is 22.7 Å². The summed E-state index contributed by atoms with van der Waals surface area (Å²) in [5.74, 6) is 0.665. The molecule has 1 heterocycles. The highest BCUT2D eigenvalue weighted by atomic mass is 28.4. The molecule has 1 aromatic carbocycles. The first-order valence-corrected chi connectivity index (χ1v) is 16.3. The van der Waals surface area contributed by atoms with Gasteiger partial charge in [-0.1, -0.05) is 24.3 Å². The van der Waals surface area contributed by atoms with Gasteiger partial charge in [0, 0.05) is 6.54 Å². The summed E-state index contributed by atoms with van der Waals surface area (Å²) in [7, 11) is -3.55. The van der Waals surface area contributed by atoms with Gasteiger partial charge in [-0.15, -0.1) is 6.58 Å². The Labute approximate surface area is 165 Å². The number of carbonyl (C=O) groups is 1. The number of carbonyl (C=O) groups excluding carboxylic acids is 1. The fraction of sp³-hybridized carbons (Fsp3) is 0.550. The first-order chi connectivity index (χ1) is 12.5. The Morgan fingerprint density at radius 2 is 1.74 bits per heavy atom. The average molecular weight is 408 g/mol. The fourth-order valence-electron chi connectivity index (χ4n) is 3.04. The van der Waals surface area contributed by atoms with Crippen molar-refractivity contribution in [1.29, 1.82) is 0 Å². The van der Waals surface area contributed by atoms with Gasteiger partial charge in [0.25, 0.3) is 5.91 Å². The van der Waals surface area contributed by atoms with Crippen molar-refractivity contribution in [3.63, 3.8) is 0 Å². The van der Waals surface area contributed by atoms with Crippen LogP contribution in [0.15, 0.2) is 43.0 Å². The first kappa shape index (κ1) is 21.9. The van der Waals surface area contributed by atoms with Crippen molar-refractivity contribution in [3.05, 3.63) is 43.0 Å². The maximum absolute atomic E-state index is 12.7. The van der Waals surface area contributed by atoms with Crippen molar-refractivity contribution in [2.45, 2.75) is 57.5 Å². The zero-order valence-corrected chi connectivity index (χ0v) is 19.4. The molecule has 0 radical (unpaired) electrons. The Kier molecular flexibility index (Phi) is 7.07. The molecule has 0 N–H and O–H groups in total. The van der Waals surface area contributed by atoms with Crippen LogP contribution in [-0.4, -0.2) is 58.8 Å². The maximum atomic E-state index is 12.7. The highest BCUT2D eigenvalue weighted by Crippen LogP contribution is 2.31.